The van der Waals surface area contributed by atoms with Crippen LogP contribution < -0.4 is 15.0 Å². The number of benzene rings is 4. The predicted octanol–water partition coefficient (Wildman–Crippen LogP) is 10.4. The summed E-state index contributed by atoms with van der Waals surface area (Å²) in [6.45, 7) is 12.3. The SMILES string of the molecule is COC(=O)C(C)(C)CCc1ccc(Oc2cccc(-c3ccc(N4CCc5cccc(C(=O)Nc6nc7ccccc7s6)c5C4)nc3C(=O)OC(C)(C)C)c2C)cc1. The summed E-state index contributed by atoms with van der Waals surface area (Å²) in [6.07, 6.45) is 2.08. The third kappa shape index (κ3) is 8.89. The first-order valence-corrected chi connectivity index (χ1v) is 20.2. The summed E-state index contributed by atoms with van der Waals surface area (Å²) < 4.78 is 18.3. The number of nitrogens with one attached hydrogen (secondary N) is 1. The van der Waals surface area contributed by atoms with Crippen molar-refractivity contribution in [2.75, 3.05) is 23.9 Å². The first kappa shape index (κ1) is 40.1. The Kier molecular flexibility index (Phi) is 11.4. The number of carbonyl (C=O) groups is 3. The van der Waals surface area contributed by atoms with E-state index < -0.39 is 17.0 Å². The number of carbonyl (C=O) groups excluding carboxylic acids is 3. The van der Waals surface area contributed by atoms with Crippen LogP contribution in [0.4, 0.5) is 10.9 Å². The molecule has 2 aromatic heterocycles. The maximum atomic E-state index is 13.9. The van der Waals surface area contributed by atoms with Crippen LogP contribution in [0.15, 0.2) is 97.1 Å². The van der Waals surface area contributed by atoms with Gasteiger partial charge < -0.3 is 19.1 Å². The molecule has 4 aromatic carbocycles. The molecule has 0 unspecified atom stereocenters. The standard InChI is InChI=1S/C47H48N4O6S/c1-29-33(13-11-16-38(29)56-32-20-18-30(19-21-32)24-26-47(5,6)44(54)55-7)34-22-23-40(49-41(34)43(53)57-46(2,3)4)51-27-25-31-12-10-14-35(36(31)28-51)42(52)50-45-48-37-15-8-9-17-39(37)58-45/h8-23H,24-28H2,1-7H3,(H,48,50,52). The summed E-state index contributed by atoms with van der Waals surface area (Å²) in [7, 11) is 1.41. The number of thiazole rings is 1. The second-order valence-electron chi connectivity index (χ2n) is 16.2. The number of ether oxygens (including phenoxy) is 3. The van der Waals surface area contributed by atoms with Crippen LogP contribution >= 0.6 is 11.3 Å². The quantitative estimate of drug-likeness (QED) is 0.128. The molecule has 0 aliphatic carbocycles. The zero-order valence-electron chi connectivity index (χ0n) is 34.0. The fourth-order valence-electron chi connectivity index (χ4n) is 7.11. The lowest BCUT2D eigenvalue weighted by molar-refractivity contribution is -0.151. The first-order valence-electron chi connectivity index (χ1n) is 19.4. The molecule has 0 radical (unpaired) electrons. The Hall–Kier alpha value is -6.07. The van der Waals surface area contributed by atoms with Gasteiger partial charge in [0.25, 0.3) is 5.91 Å². The number of para-hydroxylation sites is 1. The molecular formula is C47H48N4O6S. The van der Waals surface area contributed by atoms with Crippen molar-refractivity contribution >= 4 is 50.3 Å². The highest BCUT2D eigenvalue weighted by Crippen LogP contribution is 2.37. The Balaban J connectivity index is 1.14. The third-order valence-electron chi connectivity index (χ3n) is 10.3. The number of esters is 2. The van der Waals surface area contributed by atoms with E-state index in [9.17, 15) is 14.4 Å². The Morgan fingerprint density at radius 2 is 1.60 bits per heavy atom. The number of pyridine rings is 1. The maximum Gasteiger partial charge on any atom is 0.358 e. The molecule has 0 spiro atoms. The highest BCUT2D eigenvalue weighted by atomic mass is 32.1. The molecule has 10 nitrogen and oxygen atoms in total. The highest BCUT2D eigenvalue weighted by molar-refractivity contribution is 7.22. The summed E-state index contributed by atoms with van der Waals surface area (Å²) in [6, 6.07) is 31.0. The van der Waals surface area contributed by atoms with Crippen LogP contribution in [-0.2, 0) is 33.7 Å². The maximum absolute atomic E-state index is 13.9. The number of anilines is 2. The van der Waals surface area contributed by atoms with Gasteiger partial charge in [0.2, 0.25) is 0 Å². The fraction of sp³-hybridized carbons (Fsp3) is 0.298. The smallest absolute Gasteiger partial charge is 0.358 e. The Labute approximate surface area is 343 Å². The zero-order chi connectivity index (χ0) is 41.2. The molecule has 3 heterocycles. The topological polar surface area (TPSA) is 120 Å². The van der Waals surface area contributed by atoms with Crippen molar-refractivity contribution in [3.8, 4) is 22.6 Å². The lowest BCUT2D eigenvalue weighted by Gasteiger charge is -2.31. The van der Waals surface area contributed by atoms with Crippen molar-refractivity contribution in [3.05, 3.63) is 131 Å². The van der Waals surface area contributed by atoms with Crippen molar-refractivity contribution in [2.45, 2.75) is 73.0 Å². The highest BCUT2D eigenvalue weighted by Gasteiger charge is 2.29. The number of hydrogen-bond donors (Lipinski definition) is 1. The van der Waals surface area contributed by atoms with Gasteiger partial charge in [-0.1, -0.05) is 59.9 Å². The fourth-order valence-corrected chi connectivity index (χ4v) is 7.97. The molecule has 58 heavy (non-hydrogen) atoms. The summed E-state index contributed by atoms with van der Waals surface area (Å²) in [5.74, 6) is 0.933. The van der Waals surface area contributed by atoms with E-state index in [1.807, 2.05) is 133 Å². The second-order valence-corrected chi connectivity index (χ2v) is 17.2. The molecule has 1 N–H and O–H groups in total. The normalized spacial score (nSPS) is 12.8. The number of aromatic nitrogens is 2. The molecule has 0 atom stereocenters. The number of nitrogens with zero attached hydrogens (tertiary/aromatic N) is 3. The van der Waals surface area contributed by atoms with Crippen LogP contribution in [0.25, 0.3) is 21.3 Å². The number of fused-ring (bicyclic) bond motifs is 2. The van der Waals surface area contributed by atoms with E-state index in [4.69, 9.17) is 19.2 Å². The molecule has 0 bridgehead atoms. The Bertz CT molecular complexity index is 2470. The molecular weight excluding hydrogens is 749 g/mol. The van der Waals surface area contributed by atoms with Crippen LogP contribution in [0, 0.1) is 12.3 Å². The van der Waals surface area contributed by atoms with Gasteiger partial charge in [0.1, 0.15) is 22.9 Å². The van der Waals surface area contributed by atoms with Gasteiger partial charge in [-0.3, -0.25) is 14.9 Å². The molecule has 0 saturated carbocycles. The van der Waals surface area contributed by atoms with E-state index in [1.165, 1.54) is 18.4 Å². The molecule has 1 aliphatic rings. The minimum absolute atomic E-state index is 0.194. The van der Waals surface area contributed by atoms with E-state index >= 15 is 0 Å². The summed E-state index contributed by atoms with van der Waals surface area (Å²) >= 11 is 1.44. The molecule has 7 rings (SSSR count). The molecule has 6 aromatic rings. The van der Waals surface area contributed by atoms with Crippen LogP contribution in [-0.4, -0.2) is 47.1 Å². The monoisotopic (exact) mass is 796 g/mol. The molecule has 1 amide bonds. The van der Waals surface area contributed by atoms with E-state index in [-0.39, 0.29) is 17.6 Å². The number of rotatable bonds is 11. The Morgan fingerprint density at radius 1 is 0.845 bits per heavy atom. The third-order valence-corrected chi connectivity index (χ3v) is 11.3. The van der Waals surface area contributed by atoms with Gasteiger partial charge in [-0.15, -0.1) is 0 Å². The van der Waals surface area contributed by atoms with Gasteiger partial charge in [-0.2, -0.15) is 0 Å². The first-order chi connectivity index (χ1) is 27.7. The van der Waals surface area contributed by atoms with Crippen LogP contribution in [0.3, 0.4) is 0 Å². The number of methoxy groups -OCH3 is 1. The largest absolute Gasteiger partial charge is 0.469 e. The zero-order valence-corrected chi connectivity index (χ0v) is 34.8. The van der Waals surface area contributed by atoms with Crippen LogP contribution in [0.2, 0.25) is 0 Å². The average Bonchev–Trinajstić information content (AvgIpc) is 3.62. The van der Waals surface area contributed by atoms with E-state index in [0.29, 0.717) is 59.5 Å². The van der Waals surface area contributed by atoms with Gasteiger partial charge in [-0.25, -0.2) is 14.8 Å². The van der Waals surface area contributed by atoms with E-state index in [1.54, 1.807) is 0 Å². The molecule has 1 aliphatic heterocycles. The molecule has 0 saturated heterocycles. The van der Waals surface area contributed by atoms with Crippen LogP contribution in [0.5, 0.6) is 11.5 Å². The van der Waals surface area contributed by atoms with Gasteiger partial charge in [0.15, 0.2) is 10.8 Å². The van der Waals surface area contributed by atoms with Crippen molar-refractivity contribution in [3.63, 3.8) is 0 Å². The van der Waals surface area contributed by atoms with E-state index in [0.717, 1.165) is 44.5 Å². The number of hydrogen-bond acceptors (Lipinski definition) is 10. The predicted molar refractivity (Wildman–Crippen MR) is 229 cm³/mol. The molecule has 0 fully saturated rings. The Morgan fingerprint density at radius 3 is 2.34 bits per heavy atom. The van der Waals surface area contributed by atoms with Gasteiger partial charge in [0.05, 0.1) is 22.7 Å². The van der Waals surface area contributed by atoms with E-state index in [2.05, 4.69) is 21.3 Å². The lowest BCUT2D eigenvalue weighted by atomic mass is 9.86. The summed E-state index contributed by atoms with van der Waals surface area (Å²) in [5, 5.41) is 3.56. The molecule has 11 heteroatoms. The second kappa shape index (κ2) is 16.4. The summed E-state index contributed by atoms with van der Waals surface area (Å²) in [4.78, 5) is 51.5. The van der Waals surface area contributed by atoms with Crippen molar-refractivity contribution in [2.24, 2.45) is 5.41 Å². The van der Waals surface area contributed by atoms with Gasteiger partial charge in [0, 0.05) is 24.2 Å². The van der Waals surface area contributed by atoms with Crippen molar-refractivity contribution in [1.29, 1.82) is 0 Å². The minimum atomic E-state index is -0.747. The van der Waals surface area contributed by atoms with Crippen molar-refractivity contribution in [1.82, 2.24) is 9.97 Å². The minimum Gasteiger partial charge on any atom is -0.469 e. The van der Waals surface area contributed by atoms with Gasteiger partial charge >= 0.3 is 11.9 Å². The average molecular weight is 797 g/mol. The van der Waals surface area contributed by atoms with Crippen molar-refractivity contribution < 1.29 is 28.6 Å². The molecule has 298 valence electrons. The summed E-state index contributed by atoms with van der Waals surface area (Å²) in [5.41, 5.74) is 5.64. The number of amides is 1. The van der Waals surface area contributed by atoms with Crippen LogP contribution in [0.1, 0.15) is 84.1 Å². The van der Waals surface area contributed by atoms with Gasteiger partial charge in [-0.05, 0) is 137 Å². The number of aryl methyl sites for hydroxylation is 1. The lowest BCUT2D eigenvalue weighted by Crippen LogP contribution is -2.33.